The fraction of sp³-hybridized carbons (Fsp3) is 0.417. The number of aryl methyl sites for hydroxylation is 1. The third kappa shape index (κ3) is 2.07. The molecule has 1 aromatic rings. The summed E-state index contributed by atoms with van der Waals surface area (Å²) < 4.78 is 13.0. The Morgan fingerprint density at radius 3 is 2.88 bits per heavy atom. The highest BCUT2D eigenvalue weighted by Gasteiger charge is 2.25. The predicted octanol–water partition coefficient (Wildman–Crippen LogP) is 1.34. The van der Waals surface area contributed by atoms with Crippen molar-refractivity contribution in [1.29, 1.82) is 0 Å². The second-order valence-corrected chi connectivity index (χ2v) is 4.16. The predicted molar refractivity (Wildman–Crippen MR) is 57.7 cm³/mol. The monoisotopic (exact) mass is 223 g/mol. The quantitative estimate of drug-likeness (QED) is 0.780. The van der Waals surface area contributed by atoms with Crippen molar-refractivity contribution in [2.75, 3.05) is 13.1 Å². The molecule has 0 aliphatic carbocycles. The van der Waals surface area contributed by atoms with Crippen LogP contribution in [0.25, 0.3) is 0 Å². The molecule has 86 valence electrons. The lowest BCUT2D eigenvalue weighted by Gasteiger charge is -2.15. The van der Waals surface area contributed by atoms with Crippen LogP contribution in [0.4, 0.5) is 4.39 Å². The Hall–Kier alpha value is -1.42. The number of hydrogen-bond donors (Lipinski definition) is 1. The van der Waals surface area contributed by atoms with E-state index in [9.17, 15) is 14.3 Å². The summed E-state index contributed by atoms with van der Waals surface area (Å²) in [5.74, 6) is -0.447. The number of likely N-dealkylation sites (tertiary alicyclic amines) is 1. The third-order valence-electron chi connectivity index (χ3n) is 2.86. The van der Waals surface area contributed by atoms with Crippen LogP contribution in [-0.4, -0.2) is 35.1 Å². The van der Waals surface area contributed by atoms with Crippen molar-refractivity contribution in [3.05, 3.63) is 35.1 Å². The van der Waals surface area contributed by atoms with Gasteiger partial charge in [-0.2, -0.15) is 0 Å². The number of amides is 1. The summed E-state index contributed by atoms with van der Waals surface area (Å²) >= 11 is 0. The van der Waals surface area contributed by atoms with Crippen LogP contribution in [-0.2, 0) is 0 Å². The van der Waals surface area contributed by atoms with Gasteiger partial charge in [-0.3, -0.25) is 4.79 Å². The van der Waals surface area contributed by atoms with Crippen LogP contribution in [0.3, 0.4) is 0 Å². The molecule has 1 heterocycles. The van der Waals surface area contributed by atoms with Gasteiger partial charge in [0.25, 0.3) is 5.91 Å². The molecule has 1 aliphatic heterocycles. The number of β-amino-alcohol motifs (C(OH)–C–C–N with tert-alkyl or cyclic N) is 1. The molecule has 1 N–H and O–H groups in total. The molecule has 0 bridgehead atoms. The molecule has 1 aliphatic rings. The molecule has 0 spiro atoms. The van der Waals surface area contributed by atoms with E-state index in [1.165, 1.54) is 12.1 Å². The Morgan fingerprint density at radius 1 is 1.56 bits per heavy atom. The Bertz CT molecular complexity index is 419. The van der Waals surface area contributed by atoms with Crippen molar-refractivity contribution in [2.45, 2.75) is 19.4 Å². The highest BCUT2D eigenvalue weighted by molar-refractivity contribution is 5.94. The molecule has 3 nitrogen and oxygen atoms in total. The van der Waals surface area contributed by atoms with Crippen LogP contribution < -0.4 is 0 Å². The molecule has 1 fully saturated rings. The molecule has 4 heteroatoms. The van der Waals surface area contributed by atoms with Gasteiger partial charge in [-0.1, -0.05) is 0 Å². The lowest BCUT2D eigenvalue weighted by atomic mass is 10.1. The van der Waals surface area contributed by atoms with Crippen molar-refractivity contribution >= 4 is 5.91 Å². The molecule has 0 radical (unpaired) electrons. The number of carbonyl (C=O) groups is 1. The van der Waals surface area contributed by atoms with E-state index in [0.717, 1.165) is 0 Å². The number of benzene rings is 1. The second-order valence-electron chi connectivity index (χ2n) is 4.16. The smallest absolute Gasteiger partial charge is 0.253 e. The van der Waals surface area contributed by atoms with Gasteiger partial charge in [-0.05, 0) is 37.1 Å². The number of nitrogens with zero attached hydrogens (tertiary/aromatic N) is 1. The van der Waals surface area contributed by atoms with Gasteiger partial charge in [-0.15, -0.1) is 0 Å². The van der Waals surface area contributed by atoms with Crippen LogP contribution in [0.1, 0.15) is 22.3 Å². The number of hydrogen-bond acceptors (Lipinski definition) is 2. The van der Waals surface area contributed by atoms with Gasteiger partial charge in [0.15, 0.2) is 0 Å². The average molecular weight is 223 g/mol. The molecule has 0 saturated carbocycles. The van der Waals surface area contributed by atoms with Crippen molar-refractivity contribution in [2.24, 2.45) is 0 Å². The van der Waals surface area contributed by atoms with Gasteiger partial charge in [0.1, 0.15) is 5.82 Å². The molecule has 1 amide bonds. The number of aliphatic hydroxyl groups excluding tert-OH is 1. The van der Waals surface area contributed by atoms with E-state index in [1.807, 2.05) is 0 Å². The van der Waals surface area contributed by atoms with E-state index in [4.69, 9.17) is 0 Å². The van der Waals surface area contributed by atoms with Crippen molar-refractivity contribution < 1.29 is 14.3 Å². The van der Waals surface area contributed by atoms with E-state index < -0.39 is 6.10 Å². The van der Waals surface area contributed by atoms with Crippen LogP contribution in [0, 0.1) is 12.7 Å². The molecular formula is C12H14FNO2. The summed E-state index contributed by atoms with van der Waals surface area (Å²) in [4.78, 5) is 13.5. The topological polar surface area (TPSA) is 40.5 Å². The molecule has 16 heavy (non-hydrogen) atoms. The first-order chi connectivity index (χ1) is 7.58. The standard InChI is InChI=1S/C12H14FNO2/c1-8-6-9(2-3-11(8)13)12(16)14-5-4-10(15)7-14/h2-3,6,10,15H,4-5,7H2,1H3/t10-/m0/s1. The lowest BCUT2D eigenvalue weighted by Crippen LogP contribution is -2.29. The second kappa shape index (κ2) is 4.22. The minimum atomic E-state index is -0.425. The van der Waals surface area contributed by atoms with Gasteiger partial charge < -0.3 is 10.0 Å². The molecule has 1 atom stereocenters. The minimum absolute atomic E-state index is 0.139. The average Bonchev–Trinajstić information content (AvgIpc) is 2.68. The highest BCUT2D eigenvalue weighted by Crippen LogP contribution is 2.15. The van der Waals surface area contributed by atoms with E-state index in [0.29, 0.717) is 30.6 Å². The van der Waals surface area contributed by atoms with Gasteiger partial charge in [0, 0.05) is 18.7 Å². The molecular weight excluding hydrogens is 209 g/mol. The van der Waals surface area contributed by atoms with Gasteiger partial charge in [0.05, 0.1) is 6.10 Å². The highest BCUT2D eigenvalue weighted by atomic mass is 19.1. The molecule has 1 aromatic carbocycles. The normalized spacial score (nSPS) is 20.2. The zero-order chi connectivity index (χ0) is 11.7. The van der Waals surface area contributed by atoms with Crippen LogP contribution in [0.2, 0.25) is 0 Å². The molecule has 1 saturated heterocycles. The Kier molecular flexibility index (Phi) is 2.92. The minimum Gasteiger partial charge on any atom is -0.391 e. The number of aliphatic hydroxyl groups is 1. The van der Waals surface area contributed by atoms with Crippen LogP contribution in [0.5, 0.6) is 0 Å². The Balaban J connectivity index is 2.18. The third-order valence-corrected chi connectivity index (χ3v) is 2.86. The summed E-state index contributed by atoms with van der Waals surface area (Å²) in [6, 6.07) is 4.33. The zero-order valence-corrected chi connectivity index (χ0v) is 9.11. The van der Waals surface area contributed by atoms with Crippen molar-refractivity contribution in [3.63, 3.8) is 0 Å². The largest absolute Gasteiger partial charge is 0.391 e. The zero-order valence-electron chi connectivity index (χ0n) is 9.11. The van der Waals surface area contributed by atoms with E-state index >= 15 is 0 Å². The maximum absolute atomic E-state index is 13.0. The first kappa shape index (κ1) is 11.1. The van der Waals surface area contributed by atoms with Crippen LogP contribution >= 0.6 is 0 Å². The molecule has 0 unspecified atom stereocenters. The first-order valence-electron chi connectivity index (χ1n) is 5.31. The number of halogens is 1. The summed E-state index contributed by atoms with van der Waals surface area (Å²) in [6.07, 6.45) is 0.192. The van der Waals surface area contributed by atoms with Gasteiger partial charge >= 0.3 is 0 Å². The van der Waals surface area contributed by atoms with E-state index in [-0.39, 0.29) is 11.7 Å². The summed E-state index contributed by atoms with van der Waals surface area (Å²) in [6.45, 7) is 2.57. The fourth-order valence-corrected chi connectivity index (χ4v) is 1.89. The number of carbonyl (C=O) groups excluding carboxylic acids is 1. The molecule has 0 aromatic heterocycles. The fourth-order valence-electron chi connectivity index (χ4n) is 1.89. The maximum atomic E-state index is 13.0. The Morgan fingerprint density at radius 2 is 2.31 bits per heavy atom. The summed E-state index contributed by atoms with van der Waals surface area (Å²) in [7, 11) is 0. The summed E-state index contributed by atoms with van der Waals surface area (Å²) in [5, 5.41) is 9.34. The van der Waals surface area contributed by atoms with E-state index in [2.05, 4.69) is 0 Å². The summed E-state index contributed by atoms with van der Waals surface area (Å²) in [5.41, 5.74) is 0.943. The van der Waals surface area contributed by atoms with Gasteiger partial charge in [-0.25, -0.2) is 4.39 Å². The first-order valence-corrected chi connectivity index (χ1v) is 5.31. The number of rotatable bonds is 1. The maximum Gasteiger partial charge on any atom is 0.253 e. The van der Waals surface area contributed by atoms with Crippen molar-refractivity contribution in [3.8, 4) is 0 Å². The van der Waals surface area contributed by atoms with Crippen molar-refractivity contribution in [1.82, 2.24) is 4.90 Å². The van der Waals surface area contributed by atoms with E-state index in [1.54, 1.807) is 17.9 Å². The van der Waals surface area contributed by atoms with Crippen LogP contribution in [0.15, 0.2) is 18.2 Å². The molecule has 2 rings (SSSR count). The lowest BCUT2D eigenvalue weighted by molar-refractivity contribution is 0.0765. The Labute approximate surface area is 93.5 Å². The van der Waals surface area contributed by atoms with Gasteiger partial charge in [0.2, 0.25) is 0 Å². The SMILES string of the molecule is Cc1cc(C(=O)N2CC[C@H](O)C2)ccc1F.